The number of aliphatic hydroxyl groups excluding tert-OH is 1. The maximum atomic E-state index is 9.37. The van der Waals surface area contributed by atoms with Gasteiger partial charge in [0.1, 0.15) is 0 Å². The van der Waals surface area contributed by atoms with Crippen molar-refractivity contribution in [2.75, 3.05) is 25.2 Å². The van der Waals surface area contributed by atoms with Crippen LogP contribution in [0, 0.1) is 0 Å². The summed E-state index contributed by atoms with van der Waals surface area (Å²) in [5.74, 6) is 1.13. The highest BCUT2D eigenvalue weighted by Gasteiger charge is 2.02. The second-order valence-corrected chi connectivity index (χ2v) is 3.85. The van der Waals surface area contributed by atoms with E-state index in [1.807, 2.05) is 11.8 Å². The highest BCUT2D eigenvalue weighted by Crippen LogP contribution is 2.03. The summed E-state index contributed by atoms with van der Waals surface area (Å²) in [5.41, 5.74) is 0. The molecule has 0 aromatic carbocycles. The van der Waals surface area contributed by atoms with Crippen molar-refractivity contribution in [3.05, 3.63) is 0 Å². The summed E-state index contributed by atoms with van der Waals surface area (Å²) < 4.78 is 5.22. The average Bonchev–Trinajstić information content (AvgIpc) is 2.06. The van der Waals surface area contributed by atoms with Crippen LogP contribution in [0.15, 0.2) is 0 Å². The van der Waals surface area contributed by atoms with Crippen LogP contribution in [0.25, 0.3) is 0 Å². The molecular weight excluding hydrogens is 172 g/mol. The molecule has 0 fully saturated rings. The summed E-state index contributed by atoms with van der Waals surface area (Å²) in [6, 6.07) is 0. The van der Waals surface area contributed by atoms with Gasteiger partial charge in [0.25, 0.3) is 0 Å². The first kappa shape index (κ1) is 12.3. The minimum atomic E-state index is -0.260. The molecule has 0 spiro atoms. The minimum Gasteiger partial charge on any atom is -0.391 e. The SMILES string of the molecule is CCCOCC(O)CCCSC. The molecule has 0 saturated carbocycles. The van der Waals surface area contributed by atoms with Crippen molar-refractivity contribution < 1.29 is 9.84 Å². The van der Waals surface area contributed by atoms with Gasteiger partial charge in [0.2, 0.25) is 0 Å². The molecule has 74 valence electrons. The fourth-order valence-electron chi connectivity index (χ4n) is 0.910. The Bertz CT molecular complexity index is 78.6. The normalized spacial score (nSPS) is 13.2. The molecule has 2 nitrogen and oxygen atoms in total. The van der Waals surface area contributed by atoms with E-state index in [1.54, 1.807) is 0 Å². The third kappa shape index (κ3) is 8.37. The molecule has 0 heterocycles. The first-order valence-electron chi connectivity index (χ1n) is 4.56. The molecule has 0 aromatic rings. The summed E-state index contributed by atoms with van der Waals surface area (Å²) >= 11 is 1.82. The third-order valence-electron chi connectivity index (χ3n) is 1.54. The van der Waals surface area contributed by atoms with E-state index in [0.29, 0.717) is 6.61 Å². The van der Waals surface area contributed by atoms with E-state index in [0.717, 1.165) is 31.6 Å². The van der Waals surface area contributed by atoms with Crippen LogP contribution < -0.4 is 0 Å². The Kier molecular flexibility index (Phi) is 9.57. The fourth-order valence-corrected chi connectivity index (χ4v) is 1.37. The minimum absolute atomic E-state index is 0.260. The lowest BCUT2D eigenvalue weighted by molar-refractivity contribution is 0.0327. The van der Waals surface area contributed by atoms with Gasteiger partial charge in [0.15, 0.2) is 0 Å². The van der Waals surface area contributed by atoms with Crippen molar-refractivity contribution in [2.45, 2.75) is 32.3 Å². The zero-order valence-corrected chi connectivity index (χ0v) is 8.90. The number of aliphatic hydroxyl groups is 1. The average molecular weight is 192 g/mol. The first-order chi connectivity index (χ1) is 5.81. The summed E-state index contributed by atoms with van der Waals surface area (Å²) in [5, 5.41) is 9.37. The van der Waals surface area contributed by atoms with Crippen LogP contribution in [0.5, 0.6) is 0 Å². The zero-order valence-electron chi connectivity index (χ0n) is 8.08. The molecule has 0 aliphatic carbocycles. The smallest absolute Gasteiger partial charge is 0.0774 e. The van der Waals surface area contributed by atoms with Gasteiger partial charge < -0.3 is 9.84 Å². The quantitative estimate of drug-likeness (QED) is 0.596. The predicted octanol–water partition coefficient (Wildman–Crippen LogP) is 1.92. The molecule has 0 bridgehead atoms. The highest BCUT2D eigenvalue weighted by molar-refractivity contribution is 7.98. The Hall–Kier alpha value is 0.270. The lowest BCUT2D eigenvalue weighted by Crippen LogP contribution is -2.15. The van der Waals surface area contributed by atoms with Gasteiger partial charge in [-0.3, -0.25) is 0 Å². The Morgan fingerprint density at radius 1 is 1.50 bits per heavy atom. The molecule has 0 aliphatic rings. The lowest BCUT2D eigenvalue weighted by atomic mass is 10.2. The first-order valence-corrected chi connectivity index (χ1v) is 5.95. The van der Waals surface area contributed by atoms with Gasteiger partial charge in [-0.05, 0) is 31.3 Å². The number of rotatable bonds is 8. The standard InChI is InChI=1S/C9H20O2S/c1-3-6-11-8-9(10)5-4-7-12-2/h9-10H,3-8H2,1-2H3. The van der Waals surface area contributed by atoms with Crippen molar-refractivity contribution in [2.24, 2.45) is 0 Å². The molecule has 1 atom stereocenters. The van der Waals surface area contributed by atoms with E-state index in [1.165, 1.54) is 0 Å². The summed E-state index contributed by atoms with van der Waals surface area (Å²) in [4.78, 5) is 0. The molecule has 12 heavy (non-hydrogen) atoms. The van der Waals surface area contributed by atoms with Gasteiger partial charge >= 0.3 is 0 Å². The number of thioether (sulfide) groups is 1. The number of ether oxygens (including phenoxy) is 1. The molecule has 0 radical (unpaired) electrons. The van der Waals surface area contributed by atoms with Gasteiger partial charge in [-0.2, -0.15) is 11.8 Å². The molecule has 0 saturated heterocycles. The molecule has 0 aliphatic heterocycles. The monoisotopic (exact) mass is 192 g/mol. The Labute approximate surface area is 79.7 Å². The van der Waals surface area contributed by atoms with E-state index >= 15 is 0 Å². The largest absolute Gasteiger partial charge is 0.391 e. The molecule has 1 unspecified atom stereocenters. The maximum absolute atomic E-state index is 9.37. The molecular formula is C9H20O2S. The van der Waals surface area contributed by atoms with Gasteiger partial charge in [-0.1, -0.05) is 6.92 Å². The predicted molar refractivity (Wildman–Crippen MR) is 54.7 cm³/mol. The van der Waals surface area contributed by atoms with E-state index in [4.69, 9.17) is 4.74 Å². The number of hydrogen-bond donors (Lipinski definition) is 1. The van der Waals surface area contributed by atoms with Crippen molar-refractivity contribution in [1.29, 1.82) is 0 Å². The van der Waals surface area contributed by atoms with Crippen molar-refractivity contribution in [3.63, 3.8) is 0 Å². The van der Waals surface area contributed by atoms with Crippen molar-refractivity contribution in [3.8, 4) is 0 Å². The van der Waals surface area contributed by atoms with Crippen LogP contribution in [-0.4, -0.2) is 36.4 Å². The zero-order chi connectivity index (χ0) is 9.23. The Morgan fingerprint density at radius 3 is 2.83 bits per heavy atom. The van der Waals surface area contributed by atoms with E-state index in [9.17, 15) is 5.11 Å². The van der Waals surface area contributed by atoms with E-state index in [-0.39, 0.29) is 6.10 Å². The molecule has 0 aromatic heterocycles. The maximum Gasteiger partial charge on any atom is 0.0774 e. The van der Waals surface area contributed by atoms with Crippen molar-refractivity contribution >= 4 is 11.8 Å². The van der Waals surface area contributed by atoms with Gasteiger partial charge in [-0.25, -0.2) is 0 Å². The number of hydrogen-bond acceptors (Lipinski definition) is 3. The Morgan fingerprint density at radius 2 is 2.25 bits per heavy atom. The molecule has 1 N–H and O–H groups in total. The van der Waals surface area contributed by atoms with E-state index in [2.05, 4.69) is 13.2 Å². The van der Waals surface area contributed by atoms with Crippen LogP contribution in [0.2, 0.25) is 0 Å². The topological polar surface area (TPSA) is 29.5 Å². The second kappa shape index (κ2) is 9.36. The van der Waals surface area contributed by atoms with E-state index < -0.39 is 0 Å². The van der Waals surface area contributed by atoms with Crippen LogP contribution in [0.1, 0.15) is 26.2 Å². The van der Waals surface area contributed by atoms with Crippen molar-refractivity contribution in [1.82, 2.24) is 0 Å². The lowest BCUT2D eigenvalue weighted by Gasteiger charge is -2.09. The van der Waals surface area contributed by atoms with Gasteiger partial charge in [0, 0.05) is 6.61 Å². The van der Waals surface area contributed by atoms with Crippen LogP contribution in [-0.2, 0) is 4.74 Å². The van der Waals surface area contributed by atoms with Gasteiger partial charge in [-0.15, -0.1) is 0 Å². The third-order valence-corrected chi connectivity index (χ3v) is 2.24. The van der Waals surface area contributed by atoms with Crippen LogP contribution in [0.4, 0.5) is 0 Å². The highest BCUT2D eigenvalue weighted by atomic mass is 32.2. The molecule has 3 heteroatoms. The van der Waals surface area contributed by atoms with Crippen LogP contribution in [0.3, 0.4) is 0 Å². The van der Waals surface area contributed by atoms with Crippen LogP contribution >= 0.6 is 11.8 Å². The Balaban J connectivity index is 3.04. The molecule has 0 amide bonds. The summed E-state index contributed by atoms with van der Waals surface area (Å²) in [7, 11) is 0. The summed E-state index contributed by atoms with van der Waals surface area (Å²) in [6.07, 6.45) is 4.79. The molecule has 0 rings (SSSR count). The second-order valence-electron chi connectivity index (χ2n) is 2.86. The van der Waals surface area contributed by atoms with Gasteiger partial charge in [0.05, 0.1) is 12.7 Å². The fraction of sp³-hybridized carbons (Fsp3) is 1.00. The summed E-state index contributed by atoms with van der Waals surface area (Å²) in [6.45, 7) is 3.34.